The number of benzene rings is 2. The van der Waals surface area contributed by atoms with Crippen molar-refractivity contribution in [3.63, 3.8) is 0 Å². The summed E-state index contributed by atoms with van der Waals surface area (Å²) >= 11 is 0. The second kappa shape index (κ2) is 11.6. The van der Waals surface area contributed by atoms with Crippen LogP contribution in [0.4, 0.5) is 0 Å². The van der Waals surface area contributed by atoms with Crippen LogP contribution in [0, 0.1) is 6.92 Å². The summed E-state index contributed by atoms with van der Waals surface area (Å²) < 4.78 is 11.8. The van der Waals surface area contributed by atoms with Crippen LogP contribution >= 0.6 is 8.58 Å². The molecule has 0 aliphatic heterocycles. The number of Topliss-reactive ketones (excluding diaryl/α,β-unsaturated/α-hetero) is 1. The number of ketones is 1. The molecular weight excluding hydrogens is 451 g/mol. The number of hydrogen-bond acceptors (Lipinski definition) is 3. The summed E-state index contributed by atoms with van der Waals surface area (Å²) in [6, 6.07) is 11.0. The van der Waals surface area contributed by atoms with Gasteiger partial charge in [0.25, 0.3) is 0 Å². The van der Waals surface area contributed by atoms with Crippen molar-refractivity contribution in [2.45, 2.75) is 104 Å². The molecule has 0 fully saturated rings. The molecule has 2 unspecified atom stereocenters. The molecule has 35 heavy (non-hydrogen) atoms. The third-order valence-electron chi connectivity index (χ3n) is 6.67. The lowest BCUT2D eigenvalue weighted by molar-refractivity contribution is 0.0486. The number of hydrogen-bond donors (Lipinski definition) is 0. The third-order valence-corrected chi connectivity index (χ3v) is 8.45. The van der Waals surface area contributed by atoms with Crippen molar-refractivity contribution in [2.75, 3.05) is 13.9 Å². The third kappa shape index (κ3) is 7.40. The fourth-order valence-electron chi connectivity index (χ4n) is 4.45. The van der Waals surface area contributed by atoms with Crippen LogP contribution in [0.5, 0.6) is 5.75 Å². The summed E-state index contributed by atoms with van der Waals surface area (Å²) in [5.74, 6) is 1.07. The maximum Gasteiger partial charge on any atom is 0.188 e. The normalized spacial score (nSPS) is 14.4. The maximum absolute atomic E-state index is 12.6. The molecule has 2 atom stereocenters. The lowest BCUT2D eigenvalue weighted by Crippen LogP contribution is -2.27. The molecule has 0 saturated carbocycles. The lowest BCUT2D eigenvalue weighted by Gasteiger charge is -2.37. The first-order valence-corrected chi connectivity index (χ1v) is 13.8. The van der Waals surface area contributed by atoms with Crippen LogP contribution in [0.3, 0.4) is 0 Å². The van der Waals surface area contributed by atoms with Crippen molar-refractivity contribution in [3.05, 3.63) is 58.1 Å². The summed E-state index contributed by atoms with van der Waals surface area (Å²) in [5.41, 5.74) is 5.61. The molecule has 0 spiro atoms. The molecule has 2 aromatic carbocycles. The summed E-state index contributed by atoms with van der Waals surface area (Å²) in [6.07, 6.45) is 3.25. The van der Waals surface area contributed by atoms with E-state index in [1.165, 1.54) is 16.7 Å². The average molecular weight is 499 g/mol. The van der Waals surface area contributed by atoms with Crippen LogP contribution in [0.15, 0.2) is 30.3 Å². The zero-order valence-corrected chi connectivity index (χ0v) is 24.9. The van der Waals surface area contributed by atoms with Crippen LogP contribution in [0.2, 0.25) is 0 Å². The number of aryl methyl sites for hydroxylation is 1. The highest BCUT2D eigenvalue weighted by atomic mass is 31.1. The quantitative estimate of drug-likeness (QED) is 0.188. The Labute approximate surface area is 216 Å². The minimum atomic E-state index is -0.181. The number of methoxy groups -OCH3 is 1. The van der Waals surface area contributed by atoms with Gasteiger partial charge >= 0.3 is 0 Å². The first kappa shape index (κ1) is 29.5. The number of rotatable bonds is 10. The van der Waals surface area contributed by atoms with Gasteiger partial charge in [-0.3, -0.25) is 4.79 Å². The van der Waals surface area contributed by atoms with Crippen molar-refractivity contribution in [1.29, 1.82) is 0 Å². The SMILES string of the molecule is CCCCC(C)(Pc1ccc(C)cc1C(C)=O)c1cc(C(C)(C)C)cc(C(C)(C)C)c1OCOC. The Morgan fingerprint density at radius 3 is 2.09 bits per heavy atom. The van der Waals surface area contributed by atoms with E-state index in [2.05, 4.69) is 86.6 Å². The van der Waals surface area contributed by atoms with Gasteiger partial charge < -0.3 is 9.47 Å². The summed E-state index contributed by atoms with van der Waals surface area (Å²) in [7, 11) is 2.11. The number of carbonyl (C=O) groups is 1. The van der Waals surface area contributed by atoms with Crippen molar-refractivity contribution < 1.29 is 14.3 Å². The Bertz CT molecular complexity index is 1030. The molecular formula is C31H47O3P. The second-order valence-electron chi connectivity index (χ2n) is 12.1. The van der Waals surface area contributed by atoms with Crippen LogP contribution in [-0.2, 0) is 20.7 Å². The Hall–Kier alpha value is -1.70. The Kier molecular flexibility index (Phi) is 9.76. The predicted molar refractivity (Wildman–Crippen MR) is 152 cm³/mol. The fourth-order valence-corrected chi connectivity index (χ4v) is 6.22. The van der Waals surface area contributed by atoms with Gasteiger partial charge in [0.05, 0.1) is 0 Å². The predicted octanol–water partition coefficient (Wildman–Crippen LogP) is 8.18. The van der Waals surface area contributed by atoms with Gasteiger partial charge in [0.15, 0.2) is 12.6 Å². The molecule has 0 heterocycles. The lowest BCUT2D eigenvalue weighted by atomic mass is 9.76. The van der Waals surface area contributed by atoms with E-state index >= 15 is 0 Å². The zero-order valence-electron chi connectivity index (χ0n) is 23.9. The van der Waals surface area contributed by atoms with E-state index in [1.807, 2.05) is 6.07 Å². The van der Waals surface area contributed by atoms with E-state index in [-0.39, 0.29) is 28.6 Å². The second-order valence-corrected chi connectivity index (χ2v) is 14.0. The highest BCUT2D eigenvalue weighted by Gasteiger charge is 2.36. The minimum Gasteiger partial charge on any atom is -0.467 e. The smallest absolute Gasteiger partial charge is 0.188 e. The molecule has 4 heteroatoms. The minimum absolute atomic E-state index is 0.00226. The van der Waals surface area contributed by atoms with E-state index in [0.29, 0.717) is 8.58 Å². The largest absolute Gasteiger partial charge is 0.467 e. The monoisotopic (exact) mass is 498 g/mol. The van der Waals surface area contributed by atoms with Crippen LogP contribution in [0.25, 0.3) is 0 Å². The first-order chi connectivity index (χ1) is 16.1. The van der Waals surface area contributed by atoms with Gasteiger partial charge in [0, 0.05) is 29.0 Å². The Morgan fingerprint density at radius 1 is 0.943 bits per heavy atom. The van der Waals surface area contributed by atoms with E-state index in [0.717, 1.165) is 41.4 Å². The molecule has 2 aromatic rings. The first-order valence-electron chi connectivity index (χ1n) is 12.8. The van der Waals surface area contributed by atoms with Crippen LogP contribution < -0.4 is 10.0 Å². The highest BCUT2D eigenvalue weighted by molar-refractivity contribution is 7.48. The van der Waals surface area contributed by atoms with E-state index < -0.39 is 0 Å². The molecule has 0 N–H and O–H groups in total. The molecule has 194 valence electrons. The Balaban J connectivity index is 2.88. The number of ether oxygens (including phenoxy) is 2. The summed E-state index contributed by atoms with van der Waals surface area (Å²) in [4.78, 5) is 12.6. The fraction of sp³-hybridized carbons (Fsp3) is 0.581. The van der Waals surface area contributed by atoms with E-state index in [9.17, 15) is 4.79 Å². The van der Waals surface area contributed by atoms with Crippen LogP contribution in [0.1, 0.15) is 114 Å². The maximum atomic E-state index is 12.6. The van der Waals surface area contributed by atoms with Gasteiger partial charge in [0.1, 0.15) is 5.75 Å². The molecule has 0 aliphatic rings. The Morgan fingerprint density at radius 2 is 1.57 bits per heavy atom. The van der Waals surface area contributed by atoms with Gasteiger partial charge in [-0.15, -0.1) is 0 Å². The van der Waals surface area contributed by atoms with E-state index in [1.54, 1.807) is 14.0 Å². The molecule has 0 bridgehead atoms. The van der Waals surface area contributed by atoms with Gasteiger partial charge in [-0.2, -0.15) is 0 Å². The molecule has 2 rings (SSSR count). The standard InChI is InChI=1S/C31H47O3P/c1-12-13-16-31(10,35-27-15-14-21(2)17-24(27)22(3)32)26-19-23(29(4,5)6)18-25(30(7,8)9)28(26)34-20-33-11/h14-15,17-19,35H,12-13,16,20H2,1-11H3. The number of unbranched alkanes of at least 4 members (excludes halogenated alkanes) is 1. The molecule has 3 nitrogen and oxygen atoms in total. The molecule has 0 aliphatic carbocycles. The molecule has 0 radical (unpaired) electrons. The molecule has 0 saturated heterocycles. The van der Waals surface area contributed by atoms with Gasteiger partial charge in [0.2, 0.25) is 0 Å². The molecule has 0 aromatic heterocycles. The van der Waals surface area contributed by atoms with Crippen molar-refractivity contribution >= 4 is 19.7 Å². The summed E-state index contributed by atoms with van der Waals surface area (Å²) in [6.45, 7) is 22.1. The number of carbonyl (C=O) groups excluding carboxylic acids is 1. The van der Waals surface area contributed by atoms with Gasteiger partial charge in [-0.1, -0.05) is 107 Å². The average Bonchev–Trinajstić information content (AvgIpc) is 2.75. The van der Waals surface area contributed by atoms with Gasteiger partial charge in [-0.25, -0.2) is 0 Å². The van der Waals surface area contributed by atoms with E-state index in [4.69, 9.17) is 9.47 Å². The topological polar surface area (TPSA) is 35.5 Å². The van der Waals surface area contributed by atoms with Crippen LogP contribution in [-0.4, -0.2) is 19.7 Å². The van der Waals surface area contributed by atoms with Crippen molar-refractivity contribution in [1.82, 2.24) is 0 Å². The van der Waals surface area contributed by atoms with Gasteiger partial charge in [-0.05, 0) is 48.0 Å². The van der Waals surface area contributed by atoms with Crippen molar-refractivity contribution in [3.8, 4) is 5.75 Å². The highest BCUT2D eigenvalue weighted by Crippen LogP contribution is 2.52. The molecule has 0 amide bonds. The van der Waals surface area contributed by atoms with Crippen molar-refractivity contribution in [2.24, 2.45) is 0 Å². The zero-order chi connectivity index (χ0) is 26.6. The summed E-state index contributed by atoms with van der Waals surface area (Å²) in [5, 5.41) is 0.956.